The lowest BCUT2D eigenvalue weighted by Crippen LogP contribution is -2.48. The maximum Gasteiger partial charge on any atom is 0.227 e. The number of likely N-dealkylation sites (N-methyl/N-ethyl adjacent to an activating group) is 1. The van der Waals surface area contributed by atoms with E-state index in [9.17, 15) is 0 Å². The molecular formula is C23H32N6. The Morgan fingerprint density at radius 1 is 0.828 bits per heavy atom. The third kappa shape index (κ3) is 5.34. The molecule has 0 saturated carbocycles. The number of rotatable bonds is 6. The smallest absolute Gasteiger partial charge is 0.227 e. The Hall–Kier alpha value is -2.44. The number of aromatic nitrogens is 2. The van der Waals surface area contributed by atoms with Gasteiger partial charge in [-0.05, 0) is 18.2 Å². The standard InChI is InChI=1S/C23H32N6/c1-2-26-13-17-28(18-14-26)22-10-11-24-23(25-22)29-19-15-27(16-20-29)12-6-9-21-7-4-3-5-8-21/h3-11H,2,12-20H2,1H3/b9-6+. The topological polar surface area (TPSA) is 38.7 Å². The molecule has 2 saturated heterocycles. The summed E-state index contributed by atoms with van der Waals surface area (Å²) in [5, 5.41) is 0. The van der Waals surface area contributed by atoms with Crippen LogP contribution >= 0.6 is 0 Å². The number of hydrogen-bond acceptors (Lipinski definition) is 6. The monoisotopic (exact) mass is 392 g/mol. The first kappa shape index (κ1) is 19.9. The molecule has 29 heavy (non-hydrogen) atoms. The zero-order valence-corrected chi connectivity index (χ0v) is 17.5. The van der Waals surface area contributed by atoms with Crippen molar-refractivity contribution in [3.05, 3.63) is 54.2 Å². The van der Waals surface area contributed by atoms with Gasteiger partial charge in [-0.15, -0.1) is 0 Å². The van der Waals surface area contributed by atoms with Crippen molar-refractivity contribution >= 4 is 17.8 Å². The molecule has 0 N–H and O–H groups in total. The maximum absolute atomic E-state index is 4.89. The van der Waals surface area contributed by atoms with Gasteiger partial charge in [-0.25, -0.2) is 4.98 Å². The quantitative estimate of drug-likeness (QED) is 0.752. The van der Waals surface area contributed by atoms with Crippen molar-refractivity contribution in [2.24, 2.45) is 0 Å². The summed E-state index contributed by atoms with van der Waals surface area (Å²) in [6.07, 6.45) is 6.38. The molecule has 6 heteroatoms. The molecule has 3 heterocycles. The highest BCUT2D eigenvalue weighted by Gasteiger charge is 2.21. The van der Waals surface area contributed by atoms with Crippen LogP contribution in [0.4, 0.5) is 11.8 Å². The molecule has 0 radical (unpaired) electrons. The van der Waals surface area contributed by atoms with Gasteiger partial charge in [-0.3, -0.25) is 4.90 Å². The Balaban J connectivity index is 1.28. The van der Waals surface area contributed by atoms with Crippen molar-refractivity contribution in [3.63, 3.8) is 0 Å². The van der Waals surface area contributed by atoms with E-state index in [0.717, 1.165) is 77.2 Å². The Morgan fingerprint density at radius 2 is 1.52 bits per heavy atom. The van der Waals surface area contributed by atoms with Crippen molar-refractivity contribution < 1.29 is 0 Å². The molecule has 154 valence electrons. The van der Waals surface area contributed by atoms with Crippen molar-refractivity contribution in [3.8, 4) is 0 Å². The number of nitrogens with zero attached hydrogens (tertiary/aromatic N) is 6. The molecule has 2 aliphatic rings. The number of hydrogen-bond donors (Lipinski definition) is 0. The van der Waals surface area contributed by atoms with Crippen LogP contribution in [0, 0.1) is 0 Å². The molecular weight excluding hydrogens is 360 g/mol. The third-order valence-electron chi connectivity index (χ3n) is 5.90. The fourth-order valence-corrected chi connectivity index (χ4v) is 3.99. The van der Waals surface area contributed by atoms with Crippen LogP contribution in [0.1, 0.15) is 12.5 Å². The summed E-state index contributed by atoms with van der Waals surface area (Å²) in [6, 6.07) is 12.5. The van der Waals surface area contributed by atoms with Crippen LogP contribution < -0.4 is 9.80 Å². The van der Waals surface area contributed by atoms with Gasteiger partial charge in [-0.1, -0.05) is 49.4 Å². The molecule has 0 bridgehead atoms. The van der Waals surface area contributed by atoms with E-state index in [4.69, 9.17) is 4.98 Å². The molecule has 6 nitrogen and oxygen atoms in total. The van der Waals surface area contributed by atoms with Crippen LogP contribution in [0.5, 0.6) is 0 Å². The second-order valence-electron chi connectivity index (χ2n) is 7.74. The Labute approximate surface area is 174 Å². The van der Waals surface area contributed by atoms with E-state index in [-0.39, 0.29) is 0 Å². The molecule has 2 aromatic rings. The minimum atomic E-state index is 0.875. The van der Waals surface area contributed by atoms with Gasteiger partial charge in [0.25, 0.3) is 0 Å². The average molecular weight is 393 g/mol. The average Bonchev–Trinajstić information content (AvgIpc) is 2.80. The molecule has 2 aliphatic heterocycles. The first-order valence-corrected chi connectivity index (χ1v) is 10.8. The summed E-state index contributed by atoms with van der Waals surface area (Å²) in [7, 11) is 0. The van der Waals surface area contributed by atoms with E-state index in [1.54, 1.807) is 0 Å². The minimum Gasteiger partial charge on any atom is -0.354 e. The Morgan fingerprint density at radius 3 is 2.24 bits per heavy atom. The van der Waals surface area contributed by atoms with E-state index in [0.29, 0.717) is 0 Å². The van der Waals surface area contributed by atoms with Crippen LogP contribution in [0.25, 0.3) is 6.08 Å². The molecule has 1 aromatic carbocycles. The van der Waals surface area contributed by atoms with Crippen LogP contribution in [-0.2, 0) is 0 Å². The second-order valence-corrected chi connectivity index (χ2v) is 7.74. The SMILES string of the molecule is CCN1CCN(c2ccnc(N3CCN(C/C=C/c4ccccc4)CC3)n2)CC1. The van der Waals surface area contributed by atoms with Gasteiger partial charge in [0, 0.05) is 65.1 Å². The van der Waals surface area contributed by atoms with E-state index < -0.39 is 0 Å². The highest BCUT2D eigenvalue weighted by Crippen LogP contribution is 2.18. The first-order valence-electron chi connectivity index (χ1n) is 10.8. The van der Waals surface area contributed by atoms with E-state index in [1.165, 1.54) is 5.56 Å². The summed E-state index contributed by atoms with van der Waals surface area (Å²) in [6.45, 7) is 12.7. The normalized spacial score (nSPS) is 19.2. The molecule has 0 aliphatic carbocycles. The third-order valence-corrected chi connectivity index (χ3v) is 5.90. The summed E-state index contributed by atoms with van der Waals surface area (Å²) in [5.74, 6) is 1.94. The molecule has 0 amide bonds. The zero-order chi connectivity index (χ0) is 19.9. The predicted octanol–water partition coefficient (Wildman–Crippen LogP) is 2.45. The van der Waals surface area contributed by atoms with Crippen LogP contribution in [0.3, 0.4) is 0 Å². The predicted molar refractivity (Wildman–Crippen MR) is 120 cm³/mol. The number of anilines is 2. The zero-order valence-electron chi connectivity index (χ0n) is 17.5. The van der Waals surface area contributed by atoms with Crippen molar-refractivity contribution in [2.45, 2.75) is 6.92 Å². The molecule has 2 fully saturated rings. The molecule has 4 rings (SSSR count). The molecule has 0 atom stereocenters. The van der Waals surface area contributed by atoms with Gasteiger partial charge in [0.2, 0.25) is 5.95 Å². The van der Waals surface area contributed by atoms with Gasteiger partial charge in [0.1, 0.15) is 5.82 Å². The lowest BCUT2D eigenvalue weighted by atomic mass is 10.2. The second kappa shape index (κ2) is 9.85. The number of benzene rings is 1. The molecule has 0 unspecified atom stereocenters. The van der Waals surface area contributed by atoms with Gasteiger partial charge < -0.3 is 14.7 Å². The highest BCUT2D eigenvalue weighted by molar-refractivity contribution is 5.49. The van der Waals surface area contributed by atoms with E-state index in [2.05, 4.69) is 80.1 Å². The van der Waals surface area contributed by atoms with E-state index in [1.807, 2.05) is 6.20 Å². The van der Waals surface area contributed by atoms with Gasteiger partial charge in [0.05, 0.1) is 0 Å². The fraction of sp³-hybridized carbons (Fsp3) is 0.478. The minimum absolute atomic E-state index is 0.875. The van der Waals surface area contributed by atoms with Crippen LogP contribution in [0.2, 0.25) is 0 Å². The molecule has 0 spiro atoms. The summed E-state index contributed by atoms with van der Waals surface area (Å²) in [5.41, 5.74) is 1.26. The summed E-state index contributed by atoms with van der Waals surface area (Å²) < 4.78 is 0. The lowest BCUT2D eigenvalue weighted by Gasteiger charge is -2.36. The van der Waals surface area contributed by atoms with Crippen molar-refractivity contribution in [1.29, 1.82) is 0 Å². The van der Waals surface area contributed by atoms with Crippen molar-refractivity contribution in [1.82, 2.24) is 19.8 Å². The highest BCUT2D eigenvalue weighted by atomic mass is 15.3. The van der Waals surface area contributed by atoms with Crippen LogP contribution in [0.15, 0.2) is 48.7 Å². The summed E-state index contributed by atoms with van der Waals surface area (Å²) >= 11 is 0. The maximum atomic E-state index is 4.89. The molecule has 1 aromatic heterocycles. The Kier molecular flexibility index (Phi) is 6.75. The first-order chi connectivity index (χ1) is 14.3. The van der Waals surface area contributed by atoms with Gasteiger partial charge in [-0.2, -0.15) is 4.98 Å². The van der Waals surface area contributed by atoms with E-state index >= 15 is 0 Å². The fourth-order valence-electron chi connectivity index (χ4n) is 3.99. The largest absolute Gasteiger partial charge is 0.354 e. The van der Waals surface area contributed by atoms with Crippen molar-refractivity contribution in [2.75, 3.05) is 75.2 Å². The number of piperazine rings is 2. The van der Waals surface area contributed by atoms with Gasteiger partial charge in [0.15, 0.2) is 0 Å². The van der Waals surface area contributed by atoms with Gasteiger partial charge >= 0.3 is 0 Å². The van der Waals surface area contributed by atoms with Crippen LogP contribution in [-0.4, -0.2) is 85.2 Å². The summed E-state index contributed by atoms with van der Waals surface area (Å²) in [4.78, 5) is 19.1. The Bertz CT molecular complexity index is 777. The lowest BCUT2D eigenvalue weighted by molar-refractivity contribution is 0.270.